The van der Waals surface area contributed by atoms with Gasteiger partial charge in [0.2, 0.25) is 27.6 Å². The Morgan fingerprint density at radius 3 is 2.45 bits per heavy atom. The monoisotopic (exact) mass is 474 g/mol. The molecule has 11 heteroatoms. The number of halogens is 1. The molecule has 1 amide bonds. The average Bonchev–Trinajstić information content (AvgIpc) is 3.32. The van der Waals surface area contributed by atoms with E-state index >= 15 is 0 Å². The molecule has 0 radical (unpaired) electrons. The smallest absolute Gasteiger partial charge is 0.243 e. The number of carbonyl (C=O) groups is 1. The molecule has 9 nitrogen and oxygen atoms in total. The second kappa shape index (κ2) is 10.2. The molecule has 0 aliphatic carbocycles. The van der Waals surface area contributed by atoms with Gasteiger partial charge in [0.25, 0.3) is 0 Å². The molecule has 1 saturated heterocycles. The first-order chi connectivity index (χ1) is 15.9. The van der Waals surface area contributed by atoms with Gasteiger partial charge in [-0.3, -0.25) is 4.79 Å². The molecule has 4 rings (SSSR count). The first-order valence-electron chi connectivity index (χ1n) is 10.4. The van der Waals surface area contributed by atoms with Crippen LogP contribution in [0.15, 0.2) is 57.9 Å². The van der Waals surface area contributed by atoms with Gasteiger partial charge in [0.15, 0.2) is 0 Å². The van der Waals surface area contributed by atoms with Crippen LogP contribution in [0.2, 0.25) is 0 Å². The largest absolute Gasteiger partial charge is 0.379 e. The topological polar surface area (TPSA) is 115 Å². The standard InChI is InChI=1S/C22H23FN4O5S/c23-18-5-3-17(4-6-18)22-25-21(32-26-22)10-9-20(28)24-15-16-1-7-19(8-2-16)33(29,30)27-11-13-31-14-12-27/h1-8H,9-15H2,(H,24,28). The number of morpholine rings is 1. The van der Waals surface area contributed by atoms with Crippen molar-refractivity contribution in [3.05, 3.63) is 65.8 Å². The van der Waals surface area contributed by atoms with Crippen molar-refractivity contribution >= 4 is 15.9 Å². The van der Waals surface area contributed by atoms with Crippen molar-refractivity contribution < 1.29 is 26.9 Å². The summed E-state index contributed by atoms with van der Waals surface area (Å²) in [4.78, 5) is 16.6. The van der Waals surface area contributed by atoms with Crippen LogP contribution in [0, 0.1) is 5.82 Å². The second-order valence-corrected chi connectivity index (χ2v) is 9.39. The van der Waals surface area contributed by atoms with Crippen LogP contribution in [0.5, 0.6) is 0 Å². The lowest BCUT2D eigenvalue weighted by atomic mass is 10.2. The maximum Gasteiger partial charge on any atom is 0.243 e. The first-order valence-corrected chi connectivity index (χ1v) is 11.9. The molecule has 2 aromatic carbocycles. The highest BCUT2D eigenvalue weighted by Gasteiger charge is 2.26. The fraction of sp³-hybridized carbons (Fsp3) is 0.318. The highest BCUT2D eigenvalue weighted by Crippen LogP contribution is 2.18. The molecule has 1 aromatic heterocycles. The van der Waals surface area contributed by atoms with Gasteiger partial charge in [-0.2, -0.15) is 9.29 Å². The average molecular weight is 475 g/mol. The summed E-state index contributed by atoms with van der Waals surface area (Å²) in [5.41, 5.74) is 1.40. The van der Waals surface area contributed by atoms with E-state index in [1.165, 1.54) is 16.4 Å². The summed E-state index contributed by atoms with van der Waals surface area (Å²) in [6.45, 7) is 1.72. The predicted molar refractivity (Wildman–Crippen MR) is 116 cm³/mol. The summed E-state index contributed by atoms with van der Waals surface area (Å²) >= 11 is 0. The summed E-state index contributed by atoms with van der Waals surface area (Å²) in [7, 11) is -3.55. The summed E-state index contributed by atoms with van der Waals surface area (Å²) < 4.78 is 50.1. The lowest BCUT2D eigenvalue weighted by Gasteiger charge is -2.26. The Bertz CT molecular complexity index is 1190. The van der Waals surface area contributed by atoms with Crippen molar-refractivity contribution in [1.82, 2.24) is 19.8 Å². The number of hydrogen-bond donors (Lipinski definition) is 1. The SMILES string of the molecule is O=C(CCc1nc(-c2ccc(F)cc2)no1)NCc1ccc(S(=O)(=O)N2CCOCC2)cc1. The van der Waals surface area contributed by atoms with Crippen LogP contribution in [-0.2, 0) is 32.5 Å². The number of sulfonamides is 1. The van der Waals surface area contributed by atoms with E-state index in [4.69, 9.17) is 9.26 Å². The third-order valence-corrected chi connectivity index (χ3v) is 7.07. The van der Waals surface area contributed by atoms with Crippen molar-refractivity contribution in [2.24, 2.45) is 0 Å². The molecule has 0 bridgehead atoms. The van der Waals surface area contributed by atoms with Gasteiger partial charge in [0, 0.05) is 38.0 Å². The molecule has 2 heterocycles. The Balaban J connectivity index is 1.26. The zero-order chi connectivity index (χ0) is 23.3. The molecular weight excluding hydrogens is 451 g/mol. The number of nitrogens with one attached hydrogen (secondary N) is 1. The lowest BCUT2D eigenvalue weighted by molar-refractivity contribution is -0.121. The van der Waals surface area contributed by atoms with E-state index in [0.29, 0.717) is 43.6 Å². The summed E-state index contributed by atoms with van der Waals surface area (Å²) in [6.07, 6.45) is 0.408. The number of aryl methyl sites for hydroxylation is 1. The summed E-state index contributed by atoms with van der Waals surface area (Å²) in [5, 5.41) is 6.64. The maximum absolute atomic E-state index is 13.0. The summed E-state index contributed by atoms with van der Waals surface area (Å²) in [5.74, 6) is 0.0775. The molecule has 0 unspecified atom stereocenters. The fourth-order valence-electron chi connectivity index (χ4n) is 3.30. The van der Waals surface area contributed by atoms with Gasteiger partial charge in [-0.05, 0) is 42.0 Å². The Hall–Kier alpha value is -3.15. The van der Waals surface area contributed by atoms with Crippen LogP contribution >= 0.6 is 0 Å². The van der Waals surface area contributed by atoms with E-state index in [1.807, 2.05) is 0 Å². The molecule has 1 aliphatic rings. The third kappa shape index (κ3) is 5.81. The quantitative estimate of drug-likeness (QED) is 0.532. The minimum Gasteiger partial charge on any atom is -0.379 e. The number of benzene rings is 2. The highest BCUT2D eigenvalue weighted by molar-refractivity contribution is 7.89. The van der Waals surface area contributed by atoms with Crippen LogP contribution in [0.4, 0.5) is 4.39 Å². The molecule has 174 valence electrons. The Morgan fingerprint density at radius 1 is 1.06 bits per heavy atom. The van der Waals surface area contributed by atoms with E-state index in [1.54, 1.807) is 36.4 Å². The van der Waals surface area contributed by atoms with Gasteiger partial charge >= 0.3 is 0 Å². The Kier molecular flexibility index (Phi) is 7.11. The minimum atomic E-state index is -3.55. The molecular formula is C22H23FN4O5S. The number of carbonyl (C=O) groups excluding carboxylic acids is 1. The van der Waals surface area contributed by atoms with E-state index in [9.17, 15) is 17.6 Å². The van der Waals surface area contributed by atoms with Crippen LogP contribution in [-0.4, -0.2) is 55.1 Å². The normalized spacial score (nSPS) is 14.8. The van der Waals surface area contributed by atoms with E-state index in [-0.39, 0.29) is 36.0 Å². The van der Waals surface area contributed by atoms with Gasteiger partial charge in [-0.15, -0.1) is 0 Å². The first kappa shape index (κ1) is 23.0. The zero-order valence-corrected chi connectivity index (χ0v) is 18.6. The third-order valence-electron chi connectivity index (χ3n) is 5.16. The summed E-state index contributed by atoms with van der Waals surface area (Å²) in [6, 6.07) is 12.2. The molecule has 3 aromatic rings. The van der Waals surface area contributed by atoms with Crippen molar-refractivity contribution in [3.8, 4) is 11.4 Å². The van der Waals surface area contributed by atoms with Crippen LogP contribution in [0.3, 0.4) is 0 Å². The van der Waals surface area contributed by atoms with Gasteiger partial charge in [0.1, 0.15) is 5.82 Å². The van der Waals surface area contributed by atoms with Crippen molar-refractivity contribution in [3.63, 3.8) is 0 Å². The number of nitrogens with zero attached hydrogens (tertiary/aromatic N) is 3. The molecule has 0 spiro atoms. The lowest BCUT2D eigenvalue weighted by Crippen LogP contribution is -2.40. The van der Waals surface area contributed by atoms with Crippen LogP contribution in [0.25, 0.3) is 11.4 Å². The van der Waals surface area contributed by atoms with Gasteiger partial charge in [0.05, 0.1) is 18.1 Å². The number of hydrogen-bond acceptors (Lipinski definition) is 7. The highest BCUT2D eigenvalue weighted by atomic mass is 32.2. The Morgan fingerprint density at radius 2 is 1.76 bits per heavy atom. The Labute approximate surface area is 190 Å². The molecule has 1 N–H and O–H groups in total. The number of ether oxygens (including phenoxy) is 1. The fourth-order valence-corrected chi connectivity index (χ4v) is 4.71. The molecule has 0 saturated carbocycles. The van der Waals surface area contributed by atoms with E-state index < -0.39 is 10.0 Å². The number of aromatic nitrogens is 2. The molecule has 1 aliphatic heterocycles. The minimum absolute atomic E-state index is 0.147. The van der Waals surface area contributed by atoms with Gasteiger partial charge in [-0.1, -0.05) is 17.3 Å². The maximum atomic E-state index is 13.0. The van der Waals surface area contributed by atoms with Crippen molar-refractivity contribution in [1.29, 1.82) is 0 Å². The zero-order valence-electron chi connectivity index (χ0n) is 17.7. The number of amides is 1. The molecule has 0 atom stereocenters. The van der Waals surface area contributed by atoms with Crippen molar-refractivity contribution in [2.45, 2.75) is 24.3 Å². The number of rotatable bonds is 8. The van der Waals surface area contributed by atoms with Crippen molar-refractivity contribution in [2.75, 3.05) is 26.3 Å². The van der Waals surface area contributed by atoms with Gasteiger partial charge in [-0.25, -0.2) is 12.8 Å². The van der Waals surface area contributed by atoms with Crippen LogP contribution < -0.4 is 5.32 Å². The predicted octanol–water partition coefficient (Wildman–Crippen LogP) is 2.15. The molecule has 1 fully saturated rings. The second-order valence-electron chi connectivity index (χ2n) is 7.46. The van der Waals surface area contributed by atoms with E-state index in [0.717, 1.165) is 5.56 Å². The molecule has 33 heavy (non-hydrogen) atoms. The van der Waals surface area contributed by atoms with Crippen LogP contribution in [0.1, 0.15) is 17.9 Å². The van der Waals surface area contributed by atoms with Gasteiger partial charge < -0.3 is 14.6 Å². The van der Waals surface area contributed by atoms with E-state index in [2.05, 4.69) is 15.5 Å².